The minimum Gasteiger partial charge on any atom is -0.366 e. The third-order valence-electron chi connectivity index (χ3n) is 5.42. The Balaban J connectivity index is 1.87. The summed E-state index contributed by atoms with van der Waals surface area (Å²) in [6.45, 7) is 15.4. The van der Waals surface area contributed by atoms with Gasteiger partial charge in [-0.2, -0.15) is 0 Å². The SMILES string of the molecule is [C-]#[N+]c1cc2c(cc1F)n(CC)c1[n+]2CCCC1=CC=C1SCCN1CC. The maximum absolute atomic E-state index is 14.3. The Morgan fingerprint density at radius 1 is 1.30 bits per heavy atom. The lowest BCUT2D eigenvalue weighted by Crippen LogP contribution is -2.40. The average Bonchev–Trinajstić information content (AvgIpc) is 3.27. The first-order chi connectivity index (χ1) is 13.2. The maximum atomic E-state index is 14.3. The van der Waals surface area contributed by atoms with Gasteiger partial charge in [0, 0.05) is 30.5 Å². The van der Waals surface area contributed by atoms with Crippen molar-refractivity contribution in [1.82, 2.24) is 9.47 Å². The molecule has 0 bridgehead atoms. The third kappa shape index (κ3) is 3.04. The second-order valence-electron chi connectivity index (χ2n) is 6.85. The van der Waals surface area contributed by atoms with E-state index in [0.29, 0.717) is 0 Å². The maximum Gasteiger partial charge on any atom is 0.285 e. The van der Waals surface area contributed by atoms with E-state index < -0.39 is 5.82 Å². The molecule has 2 aliphatic rings. The first-order valence-corrected chi connectivity index (χ1v) is 10.6. The van der Waals surface area contributed by atoms with E-state index in [4.69, 9.17) is 6.57 Å². The average molecular weight is 384 g/mol. The Morgan fingerprint density at radius 3 is 2.89 bits per heavy atom. The Morgan fingerprint density at radius 2 is 2.15 bits per heavy atom. The number of benzene rings is 1. The number of thioether (sulfide) groups is 1. The summed E-state index contributed by atoms with van der Waals surface area (Å²) in [6.07, 6.45) is 6.58. The highest BCUT2D eigenvalue weighted by Crippen LogP contribution is 2.32. The highest BCUT2D eigenvalue weighted by atomic mass is 32.2. The van der Waals surface area contributed by atoms with E-state index in [1.807, 2.05) is 11.8 Å². The quantitative estimate of drug-likeness (QED) is 0.563. The molecular formula is C21H24FN4S+. The molecule has 0 aliphatic carbocycles. The first-order valence-electron chi connectivity index (χ1n) is 9.60. The number of hydrogen-bond donors (Lipinski definition) is 0. The van der Waals surface area contributed by atoms with Crippen molar-refractivity contribution >= 4 is 34.1 Å². The van der Waals surface area contributed by atoms with Gasteiger partial charge < -0.3 is 4.90 Å². The molecule has 0 amide bonds. The number of nitrogens with zero attached hydrogens (tertiary/aromatic N) is 4. The molecule has 2 aliphatic heterocycles. The fraction of sp³-hybridized carbons (Fsp3) is 0.429. The van der Waals surface area contributed by atoms with Crippen LogP contribution in [0, 0.1) is 12.4 Å². The van der Waals surface area contributed by atoms with Gasteiger partial charge in [0.15, 0.2) is 11.0 Å². The summed E-state index contributed by atoms with van der Waals surface area (Å²) >= 11 is 1.91. The van der Waals surface area contributed by atoms with Crippen molar-refractivity contribution in [2.45, 2.75) is 39.8 Å². The molecule has 1 aromatic heterocycles. The summed E-state index contributed by atoms with van der Waals surface area (Å²) in [4.78, 5) is 5.76. The normalized spacial score (nSPS) is 19.9. The van der Waals surface area contributed by atoms with Gasteiger partial charge in [-0.3, -0.25) is 0 Å². The van der Waals surface area contributed by atoms with E-state index in [1.54, 1.807) is 6.07 Å². The molecule has 4 nitrogen and oxygen atoms in total. The summed E-state index contributed by atoms with van der Waals surface area (Å²) in [6, 6.07) is 3.24. The Labute approximate surface area is 163 Å². The number of halogens is 1. The van der Waals surface area contributed by atoms with Crippen LogP contribution in [0.1, 0.15) is 32.5 Å². The molecule has 4 rings (SSSR count). The Hall–Kier alpha value is -2.26. The predicted octanol–water partition coefficient (Wildman–Crippen LogP) is 4.73. The van der Waals surface area contributed by atoms with Crippen molar-refractivity contribution in [2.24, 2.45) is 0 Å². The van der Waals surface area contributed by atoms with Crippen LogP contribution in [0.15, 0.2) is 29.3 Å². The first kappa shape index (κ1) is 18.1. The number of aryl methyl sites for hydroxylation is 2. The lowest BCUT2D eigenvalue weighted by molar-refractivity contribution is -0.678. The highest BCUT2D eigenvalue weighted by molar-refractivity contribution is 8.03. The van der Waals surface area contributed by atoms with Crippen LogP contribution < -0.4 is 4.57 Å². The number of fused-ring (bicyclic) bond motifs is 3. The van der Waals surface area contributed by atoms with Gasteiger partial charge in [0.1, 0.15) is 5.82 Å². The van der Waals surface area contributed by atoms with Crippen LogP contribution in [0.5, 0.6) is 0 Å². The molecule has 0 radical (unpaired) electrons. The van der Waals surface area contributed by atoms with Crippen molar-refractivity contribution in [3.05, 3.63) is 52.4 Å². The largest absolute Gasteiger partial charge is 0.366 e. The van der Waals surface area contributed by atoms with Crippen molar-refractivity contribution in [3.63, 3.8) is 0 Å². The van der Waals surface area contributed by atoms with Gasteiger partial charge in [0.2, 0.25) is 5.69 Å². The lowest BCUT2D eigenvalue weighted by atomic mass is 10.1. The second kappa shape index (κ2) is 7.40. The van der Waals surface area contributed by atoms with E-state index in [0.717, 1.165) is 61.6 Å². The zero-order valence-corrected chi connectivity index (χ0v) is 16.7. The molecule has 0 spiro atoms. The van der Waals surface area contributed by atoms with Gasteiger partial charge in [0.25, 0.3) is 5.82 Å². The molecule has 1 saturated heterocycles. The van der Waals surface area contributed by atoms with E-state index in [9.17, 15) is 4.39 Å². The van der Waals surface area contributed by atoms with Gasteiger partial charge in [0.05, 0.1) is 24.7 Å². The number of aromatic nitrogens is 2. The number of rotatable bonds is 3. The molecule has 27 heavy (non-hydrogen) atoms. The van der Waals surface area contributed by atoms with Crippen LogP contribution in [0.25, 0.3) is 21.5 Å². The topological polar surface area (TPSA) is 16.4 Å². The molecule has 0 saturated carbocycles. The summed E-state index contributed by atoms with van der Waals surface area (Å²) < 4.78 is 18.7. The minimum atomic E-state index is -0.434. The van der Waals surface area contributed by atoms with E-state index >= 15 is 0 Å². The molecule has 3 heterocycles. The fourth-order valence-electron chi connectivity index (χ4n) is 4.12. The number of imidazole rings is 1. The Kier molecular flexibility index (Phi) is 4.96. The van der Waals surface area contributed by atoms with Crippen LogP contribution in [0.3, 0.4) is 0 Å². The summed E-state index contributed by atoms with van der Waals surface area (Å²) in [5, 5.41) is 1.34. The van der Waals surface area contributed by atoms with E-state index in [2.05, 4.69) is 44.9 Å². The molecule has 6 heteroatoms. The molecule has 0 atom stereocenters. The summed E-state index contributed by atoms with van der Waals surface area (Å²) in [7, 11) is 0. The Bertz CT molecular complexity index is 996. The van der Waals surface area contributed by atoms with Crippen LogP contribution in [0.2, 0.25) is 0 Å². The smallest absolute Gasteiger partial charge is 0.285 e. The monoisotopic (exact) mass is 383 g/mol. The van der Waals surface area contributed by atoms with Gasteiger partial charge in [-0.1, -0.05) is 0 Å². The zero-order valence-electron chi connectivity index (χ0n) is 15.8. The van der Waals surface area contributed by atoms with Gasteiger partial charge in [-0.15, -0.1) is 11.8 Å². The lowest BCUT2D eigenvalue weighted by Gasteiger charge is -2.16. The van der Waals surface area contributed by atoms with Crippen LogP contribution in [0.4, 0.5) is 10.1 Å². The van der Waals surface area contributed by atoms with Crippen LogP contribution >= 0.6 is 11.8 Å². The van der Waals surface area contributed by atoms with Crippen LogP contribution in [-0.2, 0) is 13.1 Å². The highest BCUT2D eigenvalue weighted by Gasteiger charge is 2.31. The van der Waals surface area contributed by atoms with Crippen LogP contribution in [-0.4, -0.2) is 28.3 Å². The molecular weight excluding hydrogens is 359 g/mol. The summed E-state index contributed by atoms with van der Waals surface area (Å²) in [5.41, 5.74) is 3.23. The van der Waals surface area contributed by atoms with Crippen molar-refractivity contribution in [3.8, 4) is 0 Å². The van der Waals surface area contributed by atoms with Gasteiger partial charge in [-0.25, -0.2) is 18.4 Å². The van der Waals surface area contributed by atoms with Gasteiger partial charge in [-0.05, 0) is 44.9 Å². The predicted molar refractivity (Wildman–Crippen MR) is 109 cm³/mol. The molecule has 2 aromatic rings. The van der Waals surface area contributed by atoms with Crippen molar-refractivity contribution in [1.29, 1.82) is 0 Å². The molecule has 140 valence electrons. The third-order valence-corrected chi connectivity index (χ3v) is 6.50. The zero-order chi connectivity index (χ0) is 19.0. The standard InChI is InChI=1S/C21H24FN4S/c1-4-24-11-12-27-20(24)9-8-15-7-6-10-26-19-14-17(23-3)16(22)13-18(19)25(5-2)21(15)26/h8-9,13-14H,4-7,10-12H2,1-2H3/q+1. The molecule has 0 unspecified atom stereocenters. The second-order valence-corrected chi connectivity index (χ2v) is 7.97. The molecule has 1 fully saturated rings. The van der Waals surface area contributed by atoms with Crippen molar-refractivity contribution < 1.29 is 8.96 Å². The van der Waals surface area contributed by atoms with Crippen molar-refractivity contribution in [2.75, 3.05) is 18.8 Å². The summed E-state index contributed by atoms with van der Waals surface area (Å²) in [5.74, 6) is 1.87. The van der Waals surface area contributed by atoms with Gasteiger partial charge >= 0.3 is 0 Å². The molecule has 0 N–H and O–H groups in total. The van der Waals surface area contributed by atoms with E-state index in [1.165, 1.54) is 16.7 Å². The molecule has 1 aromatic carbocycles. The number of allylic oxidation sites excluding steroid dienone is 3. The number of hydrogen-bond acceptors (Lipinski definition) is 2. The van der Waals surface area contributed by atoms with E-state index in [-0.39, 0.29) is 5.69 Å². The fourth-order valence-corrected chi connectivity index (χ4v) is 5.21. The minimum absolute atomic E-state index is 0.102.